The molecule has 2 N–H and O–H groups in total. The molecule has 1 aromatic carbocycles. The van der Waals surface area contributed by atoms with Crippen LogP contribution in [-0.4, -0.2) is 12.1 Å². The number of aryl methyl sites for hydroxylation is 2. The Kier molecular flexibility index (Phi) is 5.01. The highest BCUT2D eigenvalue weighted by molar-refractivity contribution is 5.89. The third-order valence-corrected chi connectivity index (χ3v) is 2.80. The fraction of sp³-hybridized carbons (Fsp3) is 0.500. The van der Waals surface area contributed by atoms with Crippen LogP contribution in [0.25, 0.3) is 0 Å². The first-order valence-corrected chi connectivity index (χ1v) is 6.21. The first-order chi connectivity index (χ1) is 8.05. The predicted molar refractivity (Wildman–Crippen MR) is 72.4 cm³/mol. The fourth-order valence-corrected chi connectivity index (χ4v) is 1.89. The number of carbonyl (C=O) groups excluding carboxylic acids is 1. The minimum absolute atomic E-state index is 0.122. The summed E-state index contributed by atoms with van der Waals surface area (Å²) in [6, 6.07) is 6.16. The van der Waals surface area contributed by atoms with E-state index in [1.165, 1.54) is 0 Å². The van der Waals surface area contributed by atoms with Gasteiger partial charge in [-0.1, -0.05) is 19.9 Å². The third-order valence-electron chi connectivity index (χ3n) is 2.80. The molecule has 0 heterocycles. The van der Waals surface area contributed by atoms with E-state index >= 15 is 0 Å². The summed E-state index contributed by atoms with van der Waals surface area (Å²) in [6.07, 6.45) is 1.91. The molecule has 0 saturated carbocycles. The lowest BCUT2D eigenvalue weighted by Gasteiger charge is -2.15. The highest BCUT2D eigenvalue weighted by Gasteiger charge is 2.08. The van der Waals surface area contributed by atoms with E-state index in [-0.39, 0.29) is 12.1 Å². The lowest BCUT2D eigenvalue weighted by molar-refractivity contribution is 0.247. The van der Waals surface area contributed by atoms with Crippen LogP contribution >= 0.6 is 0 Å². The zero-order chi connectivity index (χ0) is 12.8. The van der Waals surface area contributed by atoms with Crippen molar-refractivity contribution < 1.29 is 4.79 Å². The Labute approximate surface area is 104 Å². The van der Waals surface area contributed by atoms with E-state index in [0.29, 0.717) is 0 Å². The van der Waals surface area contributed by atoms with Crippen LogP contribution in [0, 0.1) is 13.8 Å². The van der Waals surface area contributed by atoms with E-state index in [1.807, 2.05) is 26.0 Å². The SMILES string of the molecule is CCC(CC)NC(=O)Nc1cc(C)cc(C)c1. The van der Waals surface area contributed by atoms with Gasteiger partial charge in [0.1, 0.15) is 0 Å². The molecule has 0 atom stereocenters. The maximum absolute atomic E-state index is 11.7. The number of urea groups is 1. The number of carbonyl (C=O) groups is 1. The van der Waals surface area contributed by atoms with Gasteiger partial charge in [-0.15, -0.1) is 0 Å². The van der Waals surface area contributed by atoms with Crippen LogP contribution in [0.15, 0.2) is 18.2 Å². The van der Waals surface area contributed by atoms with Gasteiger partial charge in [0.15, 0.2) is 0 Å². The quantitative estimate of drug-likeness (QED) is 0.821. The van der Waals surface area contributed by atoms with Crippen molar-refractivity contribution in [3.8, 4) is 0 Å². The van der Waals surface area contributed by atoms with Crippen molar-refractivity contribution in [1.82, 2.24) is 5.32 Å². The molecule has 0 spiro atoms. The Hall–Kier alpha value is -1.51. The Balaban J connectivity index is 2.61. The molecule has 3 heteroatoms. The third kappa shape index (κ3) is 4.47. The van der Waals surface area contributed by atoms with E-state index in [4.69, 9.17) is 0 Å². The molecule has 0 aliphatic carbocycles. The molecule has 0 aliphatic heterocycles. The Morgan fingerprint density at radius 2 is 1.65 bits per heavy atom. The molecule has 0 bridgehead atoms. The van der Waals surface area contributed by atoms with Crippen molar-refractivity contribution in [2.45, 2.75) is 46.6 Å². The molecule has 0 aliphatic rings. The topological polar surface area (TPSA) is 41.1 Å². The minimum Gasteiger partial charge on any atom is -0.335 e. The number of amides is 2. The van der Waals surface area contributed by atoms with Crippen molar-refractivity contribution in [3.63, 3.8) is 0 Å². The standard InChI is InChI=1S/C14H22N2O/c1-5-12(6-2)15-14(17)16-13-8-10(3)7-11(4)9-13/h7-9,12H,5-6H2,1-4H3,(H2,15,16,17). The van der Waals surface area contributed by atoms with Gasteiger partial charge < -0.3 is 10.6 Å². The minimum atomic E-state index is -0.122. The molecular formula is C14H22N2O. The summed E-state index contributed by atoms with van der Waals surface area (Å²) in [7, 11) is 0. The number of nitrogens with one attached hydrogen (secondary N) is 2. The van der Waals surface area contributed by atoms with Gasteiger partial charge in [0.2, 0.25) is 0 Å². The van der Waals surface area contributed by atoms with E-state index in [9.17, 15) is 4.79 Å². The molecule has 17 heavy (non-hydrogen) atoms. The Morgan fingerprint density at radius 3 is 2.12 bits per heavy atom. The average Bonchev–Trinajstić information content (AvgIpc) is 2.24. The van der Waals surface area contributed by atoms with Crippen molar-refractivity contribution in [2.24, 2.45) is 0 Å². The normalized spacial score (nSPS) is 10.4. The highest BCUT2D eigenvalue weighted by atomic mass is 16.2. The predicted octanol–water partition coefficient (Wildman–Crippen LogP) is 3.61. The van der Waals surface area contributed by atoms with Crippen molar-refractivity contribution in [1.29, 1.82) is 0 Å². The molecule has 94 valence electrons. The molecule has 0 unspecified atom stereocenters. The number of hydrogen-bond acceptors (Lipinski definition) is 1. The van der Waals surface area contributed by atoms with Gasteiger partial charge in [0.25, 0.3) is 0 Å². The van der Waals surface area contributed by atoms with Gasteiger partial charge in [-0.3, -0.25) is 0 Å². The Morgan fingerprint density at radius 1 is 1.12 bits per heavy atom. The van der Waals surface area contributed by atoms with Gasteiger partial charge in [-0.2, -0.15) is 0 Å². The molecule has 0 fully saturated rings. The zero-order valence-electron chi connectivity index (χ0n) is 11.1. The van der Waals surface area contributed by atoms with Gasteiger partial charge >= 0.3 is 6.03 Å². The van der Waals surface area contributed by atoms with E-state index in [2.05, 4.69) is 30.5 Å². The van der Waals surface area contributed by atoms with Gasteiger partial charge in [-0.25, -0.2) is 4.79 Å². The summed E-state index contributed by atoms with van der Waals surface area (Å²) in [6.45, 7) is 8.20. The smallest absolute Gasteiger partial charge is 0.319 e. The van der Waals surface area contributed by atoms with Crippen LogP contribution in [0.1, 0.15) is 37.8 Å². The lowest BCUT2D eigenvalue weighted by atomic mass is 10.1. The number of anilines is 1. The zero-order valence-corrected chi connectivity index (χ0v) is 11.1. The largest absolute Gasteiger partial charge is 0.335 e. The van der Waals surface area contributed by atoms with Gasteiger partial charge in [0.05, 0.1) is 0 Å². The van der Waals surface area contributed by atoms with Crippen molar-refractivity contribution in [3.05, 3.63) is 29.3 Å². The molecule has 0 saturated heterocycles. The first-order valence-electron chi connectivity index (χ1n) is 6.21. The second kappa shape index (κ2) is 6.28. The summed E-state index contributed by atoms with van der Waals surface area (Å²) >= 11 is 0. The van der Waals surface area contributed by atoms with E-state index in [1.54, 1.807) is 0 Å². The molecule has 1 rings (SSSR count). The van der Waals surface area contributed by atoms with Crippen LogP contribution < -0.4 is 10.6 Å². The first kappa shape index (κ1) is 13.6. The van der Waals surface area contributed by atoms with Gasteiger partial charge in [0, 0.05) is 11.7 Å². The number of rotatable bonds is 4. The summed E-state index contributed by atoms with van der Waals surface area (Å²) in [4.78, 5) is 11.7. The summed E-state index contributed by atoms with van der Waals surface area (Å²) < 4.78 is 0. The van der Waals surface area contributed by atoms with Crippen molar-refractivity contribution in [2.75, 3.05) is 5.32 Å². The monoisotopic (exact) mass is 234 g/mol. The fourth-order valence-electron chi connectivity index (χ4n) is 1.89. The van der Waals surface area contributed by atoms with Crippen LogP contribution in [-0.2, 0) is 0 Å². The highest BCUT2D eigenvalue weighted by Crippen LogP contribution is 2.13. The molecule has 2 amide bonds. The lowest BCUT2D eigenvalue weighted by Crippen LogP contribution is -2.37. The van der Waals surface area contributed by atoms with E-state index in [0.717, 1.165) is 29.7 Å². The van der Waals surface area contributed by atoms with Gasteiger partial charge in [-0.05, 0) is 49.9 Å². The summed E-state index contributed by atoms with van der Waals surface area (Å²) in [5, 5.41) is 5.83. The molecule has 3 nitrogen and oxygen atoms in total. The van der Waals surface area contributed by atoms with Crippen LogP contribution in [0.4, 0.5) is 10.5 Å². The van der Waals surface area contributed by atoms with Crippen LogP contribution in [0.3, 0.4) is 0 Å². The molecule has 0 radical (unpaired) electrons. The summed E-state index contributed by atoms with van der Waals surface area (Å²) in [5.41, 5.74) is 3.16. The van der Waals surface area contributed by atoms with Crippen molar-refractivity contribution >= 4 is 11.7 Å². The maximum Gasteiger partial charge on any atom is 0.319 e. The second-order valence-corrected chi connectivity index (χ2v) is 4.49. The second-order valence-electron chi connectivity index (χ2n) is 4.49. The van der Waals surface area contributed by atoms with E-state index < -0.39 is 0 Å². The molecular weight excluding hydrogens is 212 g/mol. The number of benzene rings is 1. The van der Waals surface area contributed by atoms with Crippen LogP contribution in [0.5, 0.6) is 0 Å². The number of hydrogen-bond donors (Lipinski definition) is 2. The average molecular weight is 234 g/mol. The summed E-state index contributed by atoms with van der Waals surface area (Å²) in [5.74, 6) is 0. The maximum atomic E-state index is 11.7. The molecule has 1 aromatic rings. The molecule has 0 aromatic heterocycles. The Bertz CT molecular complexity index is 364. The van der Waals surface area contributed by atoms with Crippen LogP contribution in [0.2, 0.25) is 0 Å².